The molecule has 148 valence electrons. The average molecular weight is 403 g/mol. The maximum Gasteiger partial charge on any atom is 0.317 e. The molecule has 0 aliphatic heterocycles. The fraction of sp³-hybridized carbons (Fsp3) is 0.250. The Balaban J connectivity index is 1.79. The molecule has 8 heteroatoms. The van der Waals surface area contributed by atoms with Crippen LogP contribution in [0.25, 0.3) is 0 Å². The molecule has 2 aromatic rings. The Hall–Kier alpha value is -3.06. The van der Waals surface area contributed by atoms with Crippen molar-refractivity contribution in [3.63, 3.8) is 0 Å². The minimum Gasteiger partial charge on any atom is -0.355 e. The number of nitrogens with zero attached hydrogens (tertiary/aromatic N) is 1. The van der Waals surface area contributed by atoms with Gasteiger partial charge in [0.05, 0.1) is 10.6 Å². The highest BCUT2D eigenvalue weighted by Gasteiger charge is 2.12. The summed E-state index contributed by atoms with van der Waals surface area (Å²) in [6, 6.07) is 14.0. The molecule has 0 radical (unpaired) electrons. The van der Waals surface area contributed by atoms with E-state index in [2.05, 4.69) is 16.0 Å². The molecule has 0 aliphatic carbocycles. The lowest BCUT2D eigenvalue weighted by atomic mass is 10.2. The largest absolute Gasteiger partial charge is 0.355 e. The van der Waals surface area contributed by atoms with Crippen molar-refractivity contribution in [2.24, 2.45) is 0 Å². The van der Waals surface area contributed by atoms with Crippen LogP contribution in [0.2, 0.25) is 5.02 Å². The van der Waals surface area contributed by atoms with E-state index in [1.807, 2.05) is 30.3 Å². The van der Waals surface area contributed by atoms with Crippen LogP contribution in [0.4, 0.5) is 10.5 Å². The zero-order valence-electron chi connectivity index (χ0n) is 15.8. The van der Waals surface area contributed by atoms with Crippen LogP contribution in [0, 0.1) is 0 Å². The molecule has 0 fully saturated rings. The Bertz CT molecular complexity index is 843. The molecule has 7 nitrogen and oxygen atoms in total. The van der Waals surface area contributed by atoms with Crippen LogP contribution in [0.1, 0.15) is 22.3 Å². The Labute approximate surface area is 169 Å². The van der Waals surface area contributed by atoms with E-state index in [1.54, 1.807) is 24.1 Å². The standard InChI is InChI=1S/C20H23ClN4O3/c1-22-19(27)16-12-15(8-9-17(16)21)24-18(26)10-11-23-20(28)25(2)13-14-6-4-3-5-7-14/h3-9,12H,10-11,13H2,1-2H3,(H,22,27)(H,23,28)(H,24,26). The maximum atomic E-state index is 12.1. The van der Waals surface area contributed by atoms with Gasteiger partial charge < -0.3 is 20.9 Å². The monoisotopic (exact) mass is 402 g/mol. The number of benzene rings is 2. The Morgan fingerprint density at radius 3 is 2.46 bits per heavy atom. The highest BCUT2D eigenvalue weighted by atomic mass is 35.5. The second-order valence-electron chi connectivity index (χ2n) is 6.15. The van der Waals surface area contributed by atoms with Gasteiger partial charge in [0.15, 0.2) is 0 Å². The molecular formula is C20H23ClN4O3. The molecule has 0 aromatic heterocycles. The Morgan fingerprint density at radius 2 is 1.79 bits per heavy atom. The van der Waals surface area contributed by atoms with E-state index in [4.69, 9.17) is 11.6 Å². The van der Waals surface area contributed by atoms with Crippen molar-refractivity contribution in [3.05, 3.63) is 64.7 Å². The van der Waals surface area contributed by atoms with E-state index < -0.39 is 0 Å². The van der Waals surface area contributed by atoms with Crippen LogP contribution >= 0.6 is 11.6 Å². The van der Waals surface area contributed by atoms with Gasteiger partial charge in [-0.2, -0.15) is 0 Å². The van der Waals surface area contributed by atoms with Gasteiger partial charge in [0.2, 0.25) is 5.91 Å². The summed E-state index contributed by atoms with van der Waals surface area (Å²) >= 11 is 5.99. The van der Waals surface area contributed by atoms with Crippen molar-refractivity contribution in [2.45, 2.75) is 13.0 Å². The Kier molecular flexibility index (Phi) is 7.83. The molecule has 0 atom stereocenters. The SMILES string of the molecule is CNC(=O)c1cc(NC(=O)CCNC(=O)N(C)Cc2ccccc2)ccc1Cl. The first kappa shape index (κ1) is 21.2. The fourth-order valence-corrected chi connectivity index (χ4v) is 2.69. The molecular weight excluding hydrogens is 380 g/mol. The van der Waals surface area contributed by atoms with Crippen LogP contribution in [0.5, 0.6) is 0 Å². The Morgan fingerprint density at radius 1 is 1.07 bits per heavy atom. The van der Waals surface area contributed by atoms with Crippen LogP contribution in [-0.2, 0) is 11.3 Å². The molecule has 3 N–H and O–H groups in total. The minimum atomic E-state index is -0.338. The van der Waals surface area contributed by atoms with Crippen molar-refractivity contribution in [1.82, 2.24) is 15.5 Å². The van der Waals surface area contributed by atoms with E-state index in [0.717, 1.165) is 5.56 Å². The zero-order valence-corrected chi connectivity index (χ0v) is 16.5. The zero-order chi connectivity index (χ0) is 20.5. The number of hydrogen-bond acceptors (Lipinski definition) is 3. The van der Waals surface area contributed by atoms with E-state index in [9.17, 15) is 14.4 Å². The van der Waals surface area contributed by atoms with Crippen LogP contribution in [-0.4, -0.2) is 43.4 Å². The predicted molar refractivity (Wildman–Crippen MR) is 109 cm³/mol. The third kappa shape index (κ3) is 6.28. The average Bonchev–Trinajstić information content (AvgIpc) is 2.69. The molecule has 0 heterocycles. The van der Waals surface area contributed by atoms with Crippen molar-refractivity contribution >= 4 is 35.1 Å². The van der Waals surface area contributed by atoms with Gasteiger partial charge in [0, 0.05) is 39.3 Å². The van der Waals surface area contributed by atoms with Crippen molar-refractivity contribution < 1.29 is 14.4 Å². The molecule has 0 saturated carbocycles. The molecule has 0 unspecified atom stereocenters. The number of urea groups is 1. The van der Waals surface area contributed by atoms with Gasteiger partial charge >= 0.3 is 6.03 Å². The number of carbonyl (C=O) groups excluding carboxylic acids is 3. The summed E-state index contributed by atoms with van der Waals surface area (Å²) in [6.07, 6.45) is 0.100. The molecule has 28 heavy (non-hydrogen) atoms. The highest BCUT2D eigenvalue weighted by Crippen LogP contribution is 2.20. The summed E-state index contributed by atoms with van der Waals surface area (Å²) < 4.78 is 0. The lowest BCUT2D eigenvalue weighted by Crippen LogP contribution is -2.38. The summed E-state index contributed by atoms with van der Waals surface area (Å²) in [6.45, 7) is 0.672. The van der Waals surface area contributed by atoms with E-state index in [1.165, 1.54) is 13.1 Å². The summed E-state index contributed by atoms with van der Waals surface area (Å²) in [7, 11) is 3.19. The number of hydrogen-bond donors (Lipinski definition) is 3. The van der Waals surface area contributed by atoms with Crippen LogP contribution < -0.4 is 16.0 Å². The molecule has 0 aliphatic rings. The number of carbonyl (C=O) groups is 3. The minimum absolute atomic E-state index is 0.100. The normalized spacial score (nSPS) is 10.1. The smallest absolute Gasteiger partial charge is 0.317 e. The van der Waals surface area contributed by atoms with Gasteiger partial charge in [-0.3, -0.25) is 9.59 Å². The van der Waals surface area contributed by atoms with Crippen LogP contribution in [0.15, 0.2) is 48.5 Å². The number of amides is 4. The van der Waals surface area contributed by atoms with Crippen molar-refractivity contribution in [1.29, 1.82) is 0 Å². The summed E-state index contributed by atoms with van der Waals surface area (Å²) in [5.41, 5.74) is 1.76. The molecule has 4 amide bonds. The van der Waals surface area contributed by atoms with Crippen molar-refractivity contribution in [2.75, 3.05) is 26.0 Å². The van der Waals surface area contributed by atoms with E-state index >= 15 is 0 Å². The number of nitrogens with one attached hydrogen (secondary N) is 3. The maximum absolute atomic E-state index is 12.1. The molecule has 0 spiro atoms. The number of rotatable bonds is 7. The molecule has 0 saturated heterocycles. The highest BCUT2D eigenvalue weighted by molar-refractivity contribution is 6.34. The van der Waals surface area contributed by atoms with Gasteiger partial charge in [-0.15, -0.1) is 0 Å². The lowest BCUT2D eigenvalue weighted by Gasteiger charge is -2.18. The summed E-state index contributed by atoms with van der Waals surface area (Å²) in [4.78, 5) is 37.5. The first-order valence-electron chi connectivity index (χ1n) is 8.75. The van der Waals surface area contributed by atoms with Gasteiger partial charge in [-0.1, -0.05) is 41.9 Å². The van der Waals surface area contributed by atoms with Gasteiger partial charge in [-0.05, 0) is 23.8 Å². The summed E-state index contributed by atoms with van der Waals surface area (Å²) in [5, 5.41) is 8.18. The first-order valence-corrected chi connectivity index (χ1v) is 9.13. The molecule has 2 rings (SSSR count). The second-order valence-corrected chi connectivity index (χ2v) is 6.55. The van der Waals surface area contributed by atoms with Gasteiger partial charge in [0.1, 0.15) is 0 Å². The second kappa shape index (κ2) is 10.3. The topological polar surface area (TPSA) is 90.5 Å². The van der Waals surface area contributed by atoms with Crippen molar-refractivity contribution in [3.8, 4) is 0 Å². The summed E-state index contributed by atoms with van der Waals surface area (Å²) in [5.74, 6) is -0.619. The predicted octanol–water partition coefficient (Wildman–Crippen LogP) is 2.87. The van der Waals surface area contributed by atoms with Gasteiger partial charge in [0.25, 0.3) is 5.91 Å². The fourth-order valence-electron chi connectivity index (χ4n) is 2.48. The number of halogens is 1. The quantitative estimate of drug-likeness (QED) is 0.665. The molecule has 0 bridgehead atoms. The number of anilines is 1. The first-order chi connectivity index (χ1) is 13.4. The third-order valence-electron chi connectivity index (χ3n) is 3.96. The lowest BCUT2D eigenvalue weighted by molar-refractivity contribution is -0.116. The van der Waals surface area contributed by atoms with Crippen LogP contribution in [0.3, 0.4) is 0 Å². The van der Waals surface area contributed by atoms with E-state index in [-0.39, 0.29) is 36.4 Å². The third-order valence-corrected chi connectivity index (χ3v) is 4.29. The van der Waals surface area contributed by atoms with E-state index in [0.29, 0.717) is 17.3 Å². The van der Waals surface area contributed by atoms with Gasteiger partial charge in [-0.25, -0.2) is 4.79 Å². The molecule has 2 aromatic carbocycles.